The molecule has 0 unspecified atom stereocenters. The van der Waals surface area contributed by atoms with Gasteiger partial charge in [0.05, 0.1) is 152 Å². The lowest BCUT2D eigenvalue weighted by molar-refractivity contribution is -0.0399. The highest BCUT2D eigenvalue weighted by Crippen LogP contribution is 2.40. The lowest BCUT2D eigenvalue weighted by Crippen LogP contribution is -2.34. The third-order valence-corrected chi connectivity index (χ3v) is 8.07. The summed E-state index contributed by atoms with van der Waals surface area (Å²) < 4.78 is 67.4. The van der Waals surface area contributed by atoms with E-state index in [1.807, 2.05) is 54.6 Å². The van der Waals surface area contributed by atoms with Crippen LogP contribution in [0.25, 0.3) is 0 Å². The third kappa shape index (κ3) is 21.6. The van der Waals surface area contributed by atoms with Crippen LogP contribution < -0.4 is 5.73 Å². The van der Waals surface area contributed by atoms with E-state index < -0.39 is 5.60 Å². The van der Waals surface area contributed by atoms with E-state index in [9.17, 15) is 0 Å². The van der Waals surface area contributed by atoms with Crippen molar-refractivity contribution >= 4 is 0 Å². The molecule has 0 fully saturated rings. The molecule has 3 aromatic rings. The predicted molar refractivity (Wildman–Crippen MR) is 213 cm³/mol. The SMILES string of the molecule is NCCOCCOCCOCCOCCOCCOCCOCCOCCOCCOCCOCCOC(c1ccccc1)(c1ccccc1)c1ccccc1. The molecule has 0 saturated carbocycles. The van der Waals surface area contributed by atoms with E-state index in [4.69, 9.17) is 62.6 Å². The Bertz CT molecular complexity index is 1160. The second-order valence-electron chi connectivity index (χ2n) is 12.2. The van der Waals surface area contributed by atoms with Gasteiger partial charge in [0, 0.05) is 6.54 Å². The zero-order chi connectivity index (χ0) is 39.3. The lowest BCUT2D eigenvalue weighted by Gasteiger charge is -2.36. The molecule has 2 N–H and O–H groups in total. The number of ether oxygens (including phenoxy) is 12. The van der Waals surface area contributed by atoms with Crippen molar-refractivity contribution in [1.82, 2.24) is 0 Å². The van der Waals surface area contributed by atoms with Crippen molar-refractivity contribution in [3.8, 4) is 0 Å². The molecule has 0 spiro atoms. The van der Waals surface area contributed by atoms with Crippen LogP contribution in [0.3, 0.4) is 0 Å². The minimum absolute atomic E-state index is 0.414. The second-order valence-corrected chi connectivity index (χ2v) is 12.2. The summed E-state index contributed by atoms with van der Waals surface area (Å²) in [4.78, 5) is 0. The van der Waals surface area contributed by atoms with Gasteiger partial charge in [0.1, 0.15) is 5.60 Å². The van der Waals surface area contributed by atoms with E-state index >= 15 is 0 Å². The van der Waals surface area contributed by atoms with Gasteiger partial charge in [0.2, 0.25) is 0 Å². The van der Waals surface area contributed by atoms with E-state index in [0.29, 0.717) is 159 Å². The average Bonchev–Trinajstić information content (AvgIpc) is 3.24. The highest BCUT2D eigenvalue weighted by atomic mass is 16.6. The Hall–Kier alpha value is -2.86. The molecule has 0 amide bonds. The molecule has 3 aromatic carbocycles. The minimum Gasteiger partial charge on any atom is -0.378 e. The zero-order valence-electron chi connectivity index (χ0n) is 33.1. The van der Waals surface area contributed by atoms with Crippen molar-refractivity contribution in [2.45, 2.75) is 5.60 Å². The molecule has 0 heterocycles. The van der Waals surface area contributed by atoms with Gasteiger partial charge in [-0.2, -0.15) is 0 Å². The Balaban J connectivity index is 1.04. The average molecular weight is 788 g/mol. The summed E-state index contributed by atoms with van der Waals surface area (Å²) in [6.45, 7) is 12.0. The van der Waals surface area contributed by atoms with Gasteiger partial charge < -0.3 is 62.6 Å². The second kappa shape index (κ2) is 34.2. The Morgan fingerprint density at radius 1 is 0.268 bits per heavy atom. The first-order chi connectivity index (χ1) is 27.9. The minimum atomic E-state index is -0.753. The van der Waals surface area contributed by atoms with Crippen LogP contribution in [0.4, 0.5) is 0 Å². The lowest BCUT2D eigenvalue weighted by atomic mass is 9.80. The number of nitrogens with two attached hydrogens (primary N) is 1. The Kier molecular flexibility index (Phi) is 29.0. The van der Waals surface area contributed by atoms with Gasteiger partial charge in [0.25, 0.3) is 0 Å². The molecule has 0 atom stereocenters. The first-order valence-electron chi connectivity index (χ1n) is 19.7. The fraction of sp³-hybridized carbons (Fsp3) is 0.581. The highest BCUT2D eigenvalue weighted by molar-refractivity contribution is 5.47. The highest BCUT2D eigenvalue weighted by Gasteiger charge is 2.37. The monoisotopic (exact) mass is 787 g/mol. The maximum absolute atomic E-state index is 6.73. The molecule has 0 aliphatic heterocycles. The quantitative estimate of drug-likeness (QED) is 0.0656. The standard InChI is InChI=1S/C43H65NO12/c44-16-17-45-18-19-46-20-21-47-22-23-48-24-25-49-26-27-50-28-29-51-30-31-52-32-33-53-34-35-54-36-37-55-38-39-56-43(40-10-4-1-5-11-40,41-12-6-2-7-13-41)42-14-8-3-9-15-42/h1-15H,16-39,44H2. The summed E-state index contributed by atoms with van der Waals surface area (Å²) >= 11 is 0. The van der Waals surface area contributed by atoms with Crippen molar-refractivity contribution in [3.63, 3.8) is 0 Å². The van der Waals surface area contributed by atoms with Gasteiger partial charge in [-0.3, -0.25) is 0 Å². The van der Waals surface area contributed by atoms with Crippen LogP contribution in [-0.4, -0.2) is 159 Å². The van der Waals surface area contributed by atoms with Crippen LogP contribution in [0, 0.1) is 0 Å². The summed E-state index contributed by atoms with van der Waals surface area (Å²) in [6.07, 6.45) is 0. The fourth-order valence-electron chi connectivity index (χ4n) is 5.41. The van der Waals surface area contributed by atoms with Gasteiger partial charge in [-0.15, -0.1) is 0 Å². The smallest absolute Gasteiger partial charge is 0.143 e. The third-order valence-electron chi connectivity index (χ3n) is 8.07. The van der Waals surface area contributed by atoms with E-state index in [1.54, 1.807) is 0 Å². The molecule has 0 aromatic heterocycles. The summed E-state index contributed by atoms with van der Waals surface area (Å²) in [7, 11) is 0. The van der Waals surface area contributed by atoms with Crippen LogP contribution in [-0.2, 0) is 62.4 Å². The molecular formula is C43H65NO12. The van der Waals surface area contributed by atoms with E-state index in [-0.39, 0.29) is 0 Å². The Morgan fingerprint density at radius 2 is 0.464 bits per heavy atom. The largest absolute Gasteiger partial charge is 0.378 e. The van der Waals surface area contributed by atoms with Crippen molar-refractivity contribution in [2.24, 2.45) is 5.73 Å². The van der Waals surface area contributed by atoms with Crippen LogP contribution in [0.2, 0.25) is 0 Å². The van der Waals surface area contributed by atoms with E-state index in [0.717, 1.165) is 16.7 Å². The number of hydrogen-bond acceptors (Lipinski definition) is 13. The maximum atomic E-state index is 6.73. The normalized spacial score (nSPS) is 11.7. The van der Waals surface area contributed by atoms with Crippen LogP contribution in [0.1, 0.15) is 16.7 Å². The molecule has 56 heavy (non-hydrogen) atoms. The molecule has 0 aliphatic carbocycles. The van der Waals surface area contributed by atoms with Gasteiger partial charge in [0.15, 0.2) is 0 Å². The molecule has 13 heteroatoms. The predicted octanol–water partition coefficient (Wildman–Crippen LogP) is 4.14. The number of rotatable bonds is 39. The van der Waals surface area contributed by atoms with Crippen LogP contribution in [0.15, 0.2) is 91.0 Å². The summed E-state index contributed by atoms with van der Waals surface area (Å²) in [5, 5.41) is 0. The van der Waals surface area contributed by atoms with Crippen LogP contribution in [0.5, 0.6) is 0 Å². The Morgan fingerprint density at radius 3 is 0.679 bits per heavy atom. The van der Waals surface area contributed by atoms with Crippen molar-refractivity contribution in [1.29, 1.82) is 0 Å². The van der Waals surface area contributed by atoms with E-state index in [1.165, 1.54) is 0 Å². The van der Waals surface area contributed by atoms with Crippen LogP contribution >= 0.6 is 0 Å². The van der Waals surface area contributed by atoms with Gasteiger partial charge in [-0.05, 0) is 16.7 Å². The molecule has 3 rings (SSSR count). The summed E-state index contributed by atoms with van der Waals surface area (Å²) in [6, 6.07) is 31.0. The maximum Gasteiger partial charge on any atom is 0.143 e. The first-order valence-corrected chi connectivity index (χ1v) is 19.7. The molecule has 0 radical (unpaired) electrons. The number of benzene rings is 3. The molecule has 0 saturated heterocycles. The topological polar surface area (TPSA) is 137 Å². The van der Waals surface area contributed by atoms with Crippen molar-refractivity contribution < 1.29 is 56.8 Å². The number of hydrogen-bond donors (Lipinski definition) is 1. The summed E-state index contributed by atoms with van der Waals surface area (Å²) in [5.41, 5.74) is 7.79. The first kappa shape index (κ1) is 47.5. The van der Waals surface area contributed by atoms with Crippen molar-refractivity contribution in [2.75, 3.05) is 159 Å². The molecule has 13 nitrogen and oxygen atoms in total. The Labute approximate surface area is 333 Å². The van der Waals surface area contributed by atoms with Gasteiger partial charge in [-0.1, -0.05) is 91.0 Å². The molecular weight excluding hydrogens is 722 g/mol. The van der Waals surface area contributed by atoms with Crippen molar-refractivity contribution in [3.05, 3.63) is 108 Å². The van der Waals surface area contributed by atoms with Gasteiger partial charge in [-0.25, -0.2) is 0 Å². The van der Waals surface area contributed by atoms with E-state index in [2.05, 4.69) is 36.4 Å². The fourth-order valence-corrected chi connectivity index (χ4v) is 5.41. The summed E-state index contributed by atoms with van der Waals surface area (Å²) in [5.74, 6) is 0. The van der Waals surface area contributed by atoms with Gasteiger partial charge >= 0.3 is 0 Å². The zero-order valence-corrected chi connectivity index (χ0v) is 33.1. The molecule has 0 aliphatic rings. The molecule has 314 valence electrons. The molecule has 0 bridgehead atoms.